The SMILES string of the molecule is C(OCCC1CSC1)=C1CCCCC1. The van der Waals surface area contributed by atoms with Crippen LogP contribution < -0.4 is 0 Å². The van der Waals surface area contributed by atoms with Gasteiger partial charge in [-0.1, -0.05) is 6.42 Å². The van der Waals surface area contributed by atoms with Crippen LogP contribution in [0.2, 0.25) is 0 Å². The quantitative estimate of drug-likeness (QED) is 0.520. The molecule has 1 heterocycles. The third kappa shape index (κ3) is 3.23. The van der Waals surface area contributed by atoms with E-state index in [0.29, 0.717) is 0 Å². The highest BCUT2D eigenvalue weighted by Crippen LogP contribution is 2.27. The highest BCUT2D eigenvalue weighted by atomic mass is 32.2. The minimum absolute atomic E-state index is 0.939. The Morgan fingerprint density at radius 1 is 1.21 bits per heavy atom. The topological polar surface area (TPSA) is 9.23 Å². The van der Waals surface area contributed by atoms with Gasteiger partial charge >= 0.3 is 0 Å². The zero-order valence-electron chi connectivity index (χ0n) is 8.84. The first kappa shape index (κ1) is 10.4. The van der Waals surface area contributed by atoms with Gasteiger partial charge in [0.25, 0.3) is 0 Å². The molecule has 0 amide bonds. The van der Waals surface area contributed by atoms with Gasteiger partial charge in [-0.25, -0.2) is 0 Å². The Labute approximate surface area is 91.3 Å². The van der Waals surface area contributed by atoms with E-state index in [0.717, 1.165) is 12.5 Å². The molecule has 2 heteroatoms. The van der Waals surface area contributed by atoms with Crippen molar-refractivity contribution < 1.29 is 4.74 Å². The lowest BCUT2D eigenvalue weighted by Gasteiger charge is -2.24. The fourth-order valence-electron chi connectivity index (χ4n) is 1.99. The second-order valence-corrected chi connectivity index (χ2v) is 5.47. The normalized spacial score (nSPS) is 23.0. The van der Waals surface area contributed by atoms with Crippen molar-refractivity contribution in [1.29, 1.82) is 0 Å². The summed E-state index contributed by atoms with van der Waals surface area (Å²) in [5.41, 5.74) is 1.54. The van der Waals surface area contributed by atoms with Crippen LogP contribution in [0, 0.1) is 5.92 Å². The zero-order chi connectivity index (χ0) is 9.64. The van der Waals surface area contributed by atoms with Gasteiger partial charge in [0.2, 0.25) is 0 Å². The first-order valence-electron chi connectivity index (χ1n) is 5.82. The number of rotatable bonds is 4. The van der Waals surface area contributed by atoms with Gasteiger partial charge in [-0.05, 0) is 55.1 Å². The summed E-state index contributed by atoms with van der Waals surface area (Å²) in [6.45, 7) is 0.939. The standard InChI is InChI=1S/C12H20OS/c1-2-4-11(5-3-1)8-13-7-6-12-9-14-10-12/h8,12H,1-7,9-10H2. The maximum atomic E-state index is 5.61. The molecule has 0 spiro atoms. The van der Waals surface area contributed by atoms with E-state index in [-0.39, 0.29) is 0 Å². The van der Waals surface area contributed by atoms with Crippen LogP contribution in [0.5, 0.6) is 0 Å². The number of hydrogen-bond donors (Lipinski definition) is 0. The number of hydrogen-bond acceptors (Lipinski definition) is 2. The van der Waals surface area contributed by atoms with Gasteiger partial charge < -0.3 is 4.74 Å². The van der Waals surface area contributed by atoms with E-state index in [1.165, 1.54) is 50.0 Å². The molecule has 2 aliphatic rings. The van der Waals surface area contributed by atoms with E-state index >= 15 is 0 Å². The molecule has 14 heavy (non-hydrogen) atoms. The molecular formula is C12H20OS. The van der Waals surface area contributed by atoms with Crippen molar-refractivity contribution in [3.63, 3.8) is 0 Å². The van der Waals surface area contributed by atoms with Crippen LogP contribution in [0.3, 0.4) is 0 Å². The molecule has 1 saturated carbocycles. The van der Waals surface area contributed by atoms with Gasteiger partial charge in [0.15, 0.2) is 0 Å². The average Bonchev–Trinajstić information content (AvgIpc) is 2.16. The molecule has 0 bridgehead atoms. The summed E-state index contributed by atoms with van der Waals surface area (Å²) < 4.78 is 5.61. The largest absolute Gasteiger partial charge is 0.501 e. The first-order chi connectivity index (χ1) is 6.95. The summed E-state index contributed by atoms with van der Waals surface area (Å²) in [4.78, 5) is 0. The summed E-state index contributed by atoms with van der Waals surface area (Å²) >= 11 is 2.06. The zero-order valence-corrected chi connectivity index (χ0v) is 9.65. The fraction of sp³-hybridized carbons (Fsp3) is 0.833. The molecule has 1 nitrogen and oxygen atoms in total. The fourth-order valence-corrected chi connectivity index (χ4v) is 2.89. The third-order valence-corrected chi connectivity index (χ3v) is 4.51. The minimum atomic E-state index is 0.939. The number of thioether (sulfide) groups is 1. The van der Waals surface area contributed by atoms with Gasteiger partial charge in [-0.15, -0.1) is 0 Å². The molecule has 0 unspecified atom stereocenters. The molecule has 1 saturated heterocycles. The third-order valence-electron chi connectivity index (χ3n) is 3.10. The Hall–Kier alpha value is -0.110. The van der Waals surface area contributed by atoms with Crippen molar-refractivity contribution in [2.24, 2.45) is 5.92 Å². The second kappa shape index (κ2) is 5.69. The molecule has 0 N–H and O–H groups in total. The van der Waals surface area contributed by atoms with Crippen molar-refractivity contribution in [2.75, 3.05) is 18.1 Å². The lowest BCUT2D eigenvalue weighted by atomic mass is 9.96. The van der Waals surface area contributed by atoms with Crippen molar-refractivity contribution in [2.45, 2.75) is 38.5 Å². The summed E-state index contributed by atoms with van der Waals surface area (Å²) in [5.74, 6) is 3.67. The Morgan fingerprint density at radius 3 is 2.64 bits per heavy atom. The predicted octanol–water partition coefficient (Wildman–Crippen LogP) is 3.60. The summed E-state index contributed by atoms with van der Waals surface area (Å²) in [7, 11) is 0. The van der Waals surface area contributed by atoms with E-state index in [4.69, 9.17) is 4.74 Å². The maximum absolute atomic E-state index is 5.61. The molecule has 1 aliphatic heterocycles. The molecule has 0 aromatic rings. The molecule has 0 aromatic heterocycles. The van der Waals surface area contributed by atoms with Gasteiger partial charge in [-0.3, -0.25) is 0 Å². The highest BCUT2D eigenvalue weighted by Gasteiger charge is 2.17. The minimum Gasteiger partial charge on any atom is -0.501 e. The summed E-state index contributed by atoms with van der Waals surface area (Å²) in [5, 5.41) is 0. The number of allylic oxidation sites excluding steroid dienone is 1. The van der Waals surface area contributed by atoms with Crippen molar-refractivity contribution in [3.05, 3.63) is 11.8 Å². The Kier molecular flexibility index (Phi) is 4.23. The lowest BCUT2D eigenvalue weighted by molar-refractivity contribution is 0.223. The van der Waals surface area contributed by atoms with Crippen LogP contribution in [0.15, 0.2) is 11.8 Å². The van der Waals surface area contributed by atoms with Crippen LogP contribution in [0.4, 0.5) is 0 Å². The van der Waals surface area contributed by atoms with Gasteiger partial charge in [0.1, 0.15) is 0 Å². The predicted molar refractivity (Wildman–Crippen MR) is 62.6 cm³/mol. The van der Waals surface area contributed by atoms with Gasteiger partial charge in [0, 0.05) is 0 Å². The Balaban J connectivity index is 1.55. The molecule has 80 valence electrons. The summed E-state index contributed by atoms with van der Waals surface area (Å²) in [6.07, 6.45) is 10.0. The van der Waals surface area contributed by atoms with E-state index < -0.39 is 0 Å². The molecule has 1 aliphatic carbocycles. The van der Waals surface area contributed by atoms with Crippen LogP contribution in [-0.4, -0.2) is 18.1 Å². The van der Waals surface area contributed by atoms with Crippen LogP contribution in [0.1, 0.15) is 38.5 Å². The van der Waals surface area contributed by atoms with Crippen molar-refractivity contribution >= 4 is 11.8 Å². The van der Waals surface area contributed by atoms with Crippen LogP contribution in [0.25, 0.3) is 0 Å². The van der Waals surface area contributed by atoms with Gasteiger partial charge in [-0.2, -0.15) is 11.8 Å². The number of ether oxygens (including phenoxy) is 1. The molecule has 0 radical (unpaired) electrons. The first-order valence-corrected chi connectivity index (χ1v) is 6.98. The van der Waals surface area contributed by atoms with Crippen molar-refractivity contribution in [3.8, 4) is 0 Å². The van der Waals surface area contributed by atoms with E-state index in [1.54, 1.807) is 5.57 Å². The maximum Gasteiger partial charge on any atom is 0.0876 e. The molecule has 0 atom stereocenters. The highest BCUT2D eigenvalue weighted by molar-refractivity contribution is 8.00. The average molecular weight is 212 g/mol. The van der Waals surface area contributed by atoms with Crippen LogP contribution in [-0.2, 0) is 4.74 Å². The summed E-state index contributed by atoms with van der Waals surface area (Å²) in [6, 6.07) is 0. The molecular weight excluding hydrogens is 192 g/mol. The smallest absolute Gasteiger partial charge is 0.0876 e. The van der Waals surface area contributed by atoms with Gasteiger partial charge in [0.05, 0.1) is 12.9 Å². The van der Waals surface area contributed by atoms with E-state index in [2.05, 4.69) is 11.8 Å². The molecule has 0 aromatic carbocycles. The monoisotopic (exact) mass is 212 g/mol. The van der Waals surface area contributed by atoms with Crippen molar-refractivity contribution in [1.82, 2.24) is 0 Å². The Bertz CT molecular complexity index is 188. The van der Waals surface area contributed by atoms with Crippen LogP contribution >= 0.6 is 11.8 Å². The molecule has 2 fully saturated rings. The second-order valence-electron chi connectivity index (χ2n) is 4.40. The lowest BCUT2D eigenvalue weighted by Crippen LogP contribution is -2.19. The van der Waals surface area contributed by atoms with E-state index in [1.807, 2.05) is 6.26 Å². The van der Waals surface area contributed by atoms with E-state index in [9.17, 15) is 0 Å². The Morgan fingerprint density at radius 2 is 2.00 bits per heavy atom. The molecule has 2 rings (SSSR count).